The molecule has 0 saturated carbocycles. The molecule has 5 rings (SSSR count). The molecule has 2 heterocycles. The van der Waals surface area contributed by atoms with E-state index in [0.717, 1.165) is 44.2 Å². The van der Waals surface area contributed by atoms with Crippen molar-refractivity contribution in [2.45, 2.75) is 56.9 Å². The number of methoxy groups -OCH3 is 1. The van der Waals surface area contributed by atoms with Crippen LogP contribution >= 0.6 is 0 Å². The summed E-state index contributed by atoms with van der Waals surface area (Å²) in [4.78, 5) is 13.0. The highest BCUT2D eigenvalue weighted by molar-refractivity contribution is 7.91. The van der Waals surface area contributed by atoms with Crippen LogP contribution in [0.5, 0.6) is 5.88 Å². The van der Waals surface area contributed by atoms with Crippen LogP contribution in [0.15, 0.2) is 21.5 Å². The lowest BCUT2D eigenvalue weighted by Crippen LogP contribution is -2.39. The SMILES string of the molecule is COC[C@@]1(C)COc2c(S(N)(=O)=NC(=O)Nc3c4c(cc5c3CCC5)CCC4)cnn2C1. The Morgan fingerprint density at radius 1 is 1.31 bits per heavy atom. The van der Waals surface area contributed by atoms with E-state index in [2.05, 4.69) is 20.8 Å². The van der Waals surface area contributed by atoms with E-state index in [0.29, 0.717) is 25.6 Å². The number of urea groups is 1. The number of aromatic nitrogens is 2. The number of amides is 2. The van der Waals surface area contributed by atoms with Gasteiger partial charge in [0.15, 0.2) is 9.92 Å². The second-order valence-electron chi connectivity index (χ2n) is 9.33. The van der Waals surface area contributed by atoms with Crippen molar-refractivity contribution in [2.24, 2.45) is 14.9 Å². The van der Waals surface area contributed by atoms with Crippen LogP contribution in [-0.2, 0) is 46.9 Å². The molecule has 1 unspecified atom stereocenters. The summed E-state index contributed by atoms with van der Waals surface area (Å²) in [5.41, 5.74) is 5.55. The largest absolute Gasteiger partial charge is 0.476 e. The number of nitrogens with one attached hydrogen (secondary N) is 1. The molecule has 32 heavy (non-hydrogen) atoms. The fourth-order valence-corrected chi connectivity index (χ4v) is 6.17. The molecule has 0 fully saturated rings. The van der Waals surface area contributed by atoms with Gasteiger partial charge in [0.2, 0.25) is 5.88 Å². The highest BCUT2D eigenvalue weighted by Crippen LogP contribution is 2.39. The third-order valence-electron chi connectivity index (χ3n) is 6.58. The van der Waals surface area contributed by atoms with Crippen molar-refractivity contribution in [3.05, 3.63) is 34.5 Å². The Labute approximate surface area is 188 Å². The van der Waals surface area contributed by atoms with Crippen molar-refractivity contribution in [3.8, 4) is 5.88 Å². The number of fused-ring (bicyclic) bond motifs is 3. The number of nitrogens with zero attached hydrogens (tertiary/aromatic N) is 3. The first kappa shape index (κ1) is 21.4. The van der Waals surface area contributed by atoms with Gasteiger partial charge in [-0.3, -0.25) is 0 Å². The Kier molecular flexibility index (Phi) is 5.26. The molecule has 9 nitrogen and oxygen atoms in total. The molecule has 172 valence electrons. The summed E-state index contributed by atoms with van der Waals surface area (Å²) in [6, 6.07) is 1.59. The molecule has 2 atom stereocenters. The van der Waals surface area contributed by atoms with E-state index < -0.39 is 15.9 Å². The third-order valence-corrected chi connectivity index (χ3v) is 7.93. The second kappa shape index (κ2) is 7.86. The molecule has 3 aliphatic rings. The van der Waals surface area contributed by atoms with Crippen LogP contribution in [0.1, 0.15) is 42.0 Å². The average molecular weight is 460 g/mol. The van der Waals surface area contributed by atoms with E-state index in [-0.39, 0.29) is 10.3 Å². The van der Waals surface area contributed by atoms with Crippen molar-refractivity contribution in [2.75, 3.05) is 25.6 Å². The number of carbonyl (C=O) groups is 1. The number of hydrogen-bond donors (Lipinski definition) is 2. The fraction of sp³-hybridized carbons (Fsp3) is 0.545. The molecule has 0 radical (unpaired) electrons. The zero-order valence-electron chi connectivity index (χ0n) is 18.5. The van der Waals surface area contributed by atoms with Crippen LogP contribution in [0, 0.1) is 5.41 Å². The van der Waals surface area contributed by atoms with Crippen molar-refractivity contribution >= 4 is 21.6 Å². The maximum absolute atomic E-state index is 13.3. The van der Waals surface area contributed by atoms with Gasteiger partial charge >= 0.3 is 6.03 Å². The Hall–Kier alpha value is -2.43. The van der Waals surface area contributed by atoms with Crippen molar-refractivity contribution in [1.29, 1.82) is 0 Å². The number of hydrogen-bond acceptors (Lipinski definition) is 5. The zero-order valence-corrected chi connectivity index (χ0v) is 19.3. The van der Waals surface area contributed by atoms with E-state index in [1.165, 1.54) is 28.5 Å². The number of ether oxygens (including phenoxy) is 2. The molecule has 2 aromatic rings. The molecule has 10 heteroatoms. The van der Waals surface area contributed by atoms with Crippen LogP contribution in [0.4, 0.5) is 10.5 Å². The number of anilines is 1. The highest BCUT2D eigenvalue weighted by Gasteiger charge is 2.35. The van der Waals surface area contributed by atoms with Gasteiger partial charge in [-0.15, -0.1) is 4.36 Å². The molecular formula is C22H29N5O4S. The quantitative estimate of drug-likeness (QED) is 0.728. The minimum Gasteiger partial charge on any atom is -0.476 e. The topological polar surface area (TPSA) is 121 Å². The Balaban J connectivity index is 1.43. The lowest BCUT2D eigenvalue weighted by molar-refractivity contribution is 0.00897. The van der Waals surface area contributed by atoms with Gasteiger partial charge in [0.25, 0.3) is 0 Å². The van der Waals surface area contributed by atoms with Gasteiger partial charge in [-0.2, -0.15) is 5.10 Å². The number of nitrogens with two attached hydrogens (primary N) is 1. The van der Waals surface area contributed by atoms with E-state index in [1.54, 1.807) is 11.8 Å². The van der Waals surface area contributed by atoms with Crippen molar-refractivity contribution in [1.82, 2.24) is 9.78 Å². The first-order valence-corrected chi connectivity index (χ1v) is 12.6. The van der Waals surface area contributed by atoms with E-state index in [9.17, 15) is 9.00 Å². The fourth-order valence-electron chi connectivity index (χ4n) is 5.17. The van der Waals surface area contributed by atoms with Crippen LogP contribution < -0.4 is 15.2 Å². The Morgan fingerprint density at radius 3 is 2.66 bits per heavy atom. The molecule has 1 aromatic carbocycles. The van der Waals surface area contributed by atoms with Crippen molar-refractivity contribution in [3.63, 3.8) is 0 Å². The molecule has 1 aliphatic heterocycles. The normalized spacial score (nSPS) is 23.0. The first-order chi connectivity index (χ1) is 15.3. The number of aryl methyl sites for hydroxylation is 2. The Morgan fingerprint density at radius 2 is 2.00 bits per heavy atom. The monoisotopic (exact) mass is 459 g/mol. The molecule has 2 aliphatic carbocycles. The summed E-state index contributed by atoms with van der Waals surface area (Å²) in [5, 5.41) is 13.2. The van der Waals surface area contributed by atoms with Crippen molar-refractivity contribution < 1.29 is 18.5 Å². The number of benzene rings is 1. The van der Waals surface area contributed by atoms with Crippen LogP contribution in [0.2, 0.25) is 0 Å². The van der Waals surface area contributed by atoms with E-state index in [4.69, 9.17) is 14.6 Å². The molecule has 3 N–H and O–H groups in total. The highest BCUT2D eigenvalue weighted by atomic mass is 32.2. The standard InChI is InChI=1S/C22H29N5O4S/c1-22(12-30-2)11-27-20(31-13-22)18(10-24-27)32(23,29)26-21(28)25-19-16-7-3-5-14(16)9-15-6-4-8-17(15)19/h9-10H,3-8,11-13H2,1-2H3,(H3,23,25,26,28,29)/t22-,32?/m0/s1. The second-order valence-corrected chi connectivity index (χ2v) is 11.1. The summed E-state index contributed by atoms with van der Waals surface area (Å²) < 4.78 is 29.9. The zero-order chi connectivity index (χ0) is 22.5. The number of rotatable bonds is 4. The molecule has 0 spiro atoms. The summed E-state index contributed by atoms with van der Waals surface area (Å²) in [7, 11) is -1.90. The summed E-state index contributed by atoms with van der Waals surface area (Å²) in [5.74, 6) is 0.295. The smallest absolute Gasteiger partial charge is 0.354 e. The molecule has 0 bridgehead atoms. The predicted molar refractivity (Wildman–Crippen MR) is 120 cm³/mol. The summed E-state index contributed by atoms with van der Waals surface area (Å²) >= 11 is 0. The van der Waals surface area contributed by atoms with Gasteiger partial charge in [-0.1, -0.05) is 13.0 Å². The van der Waals surface area contributed by atoms with Crippen LogP contribution in [0.25, 0.3) is 0 Å². The lowest BCUT2D eigenvalue weighted by Gasteiger charge is -2.33. The maximum atomic E-state index is 13.3. The maximum Gasteiger partial charge on any atom is 0.354 e. The Bertz CT molecular complexity index is 1180. The van der Waals surface area contributed by atoms with Gasteiger partial charge in [0.1, 0.15) is 4.90 Å². The van der Waals surface area contributed by atoms with Gasteiger partial charge in [-0.05, 0) is 60.8 Å². The minimum absolute atomic E-state index is 0.135. The molecule has 0 saturated heterocycles. The van der Waals surface area contributed by atoms with E-state index in [1.807, 2.05) is 6.92 Å². The third kappa shape index (κ3) is 3.70. The van der Waals surface area contributed by atoms with Gasteiger partial charge < -0.3 is 14.8 Å². The predicted octanol–water partition coefficient (Wildman–Crippen LogP) is 2.84. The first-order valence-electron chi connectivity index (χ1n) is 11.0. The van der Waals surface area contributed by atoms with E-state index >= 15 is 0 Å². The summed E-state index contributed by atoms with van der Waals surface area (Å²) in [6.45, 7) is 3.41. The van der Waals surface area contributed by atoms with Crippen LogP contribution in [0.3, 0.4) is 0 Å². The minimum atomic E-state index is -3.53. The average Bonchev–Trinajstić information content (AvgIpc) is 3.45. The van der Waals surface area contributed by atoms with Gasteiger partial charge in [0.05, 0.1) is 26.0 Å². The van der Waals surface area contributed by atoms with Crippen LogP contribution in [-0.4, -0.2) is 40.3 Å². The molecular weight excluding hydrogens is 430 g/mol. The molecule has 1 aromatic heterocycles. The van der Waals surface area contributed by atoms with Gasteiger partial charge in [-0.25, -0.2) is 18.8 Å². The number of carbonyl (C=O) groups excluding carboxylic acids is 1. The summed E-state index contributed by atoms with van der Waals surface area (Å²) in [6.07, 6.45) is 7.45. The molecule has 2 amide bonds. The van der Waals surface area contributed by atoms with Gasteiger partial charge in [0, 0.05) is 18.2 Å². The lowest BCUT2D eigenvalue weighted by atomic mass is 9.92.